The van der Waals surface area contributed by atoms with Gasteiger partial charge in [-0.2, -0.15) is 79.5 Å². The molecule has 0 atom stereocenters. The van der Waals surface area contributed by atoms with E-state index in [1.807, 2.05) is 4.89 Å². The van der Waals surface area contributed by atoms with E-state index in [-0.39, 0.29) is 0 Å². The molecule has 0 rings (SSSR count). The Hall–Kier alpha value is -2.63. The number of alkyl halides is 17. The van der Waals surface area contributed by atoms with E-state index in [2.05, 4.69) is 16.1 Å². The van der Waals surface area contributed by atoms with E-state index in [4.69, 9.17) is 0 Å². The Labute approximate surface area is 202 Å². The molecule has 39 heavy (non-hydrogen) atoms. The highest BCUT2D eigenvalue weighted by molar-refractivity contribution is 5.78. The Morgan fingerprint density at radius 1 is 0.590 bits per heavy atom. The molecule has 7 nitrogen and oxygen atoms in total. The van der Waals surface area contributed by atoms with Crippen molar-refractivity contribution in [3.63, 3.8) is 0 Å². The summed E-state index contributed by atoms with van der Waals surface area (Å²) in [6, 6.07) is 0. The van der Waals surface area contributed by atoms with Crippen LogP contribution in [0.4, 0.5) is 74.6 Å². The van der Waals surface area contributed by atoms with E-state index in [0.29, 0.717) is 0 Å². The summed E-state index contributed by atoms with van der Waals surface area (Å²) in [5, 5.41) is 0. The first-order valence-corrected chi connectivity index (χ1v) is 8.76. The normalized spacial score (nSPS) is 14.7. The van der Waals surface area contributed by atoms with Crippen molar-refractivity contribution in [2.24, 2.45) is 0 Å². The second-order valence-electron chi connectivity index (χ2n) is 6.41. The number of carbonyl (C=O) groups is 2. The zero-order valence-corrected chi connectivity index (χ0v) is 17.7. The van der Waals surface area contributed by atoms with Crippen molar-refractivity contribution in [2.75, 3.05) is 13.2 Å². The maximum absolute atomic E-state index is 13.4. The fraction of sp³-hybridized carbons (Fsp3) is 0.733. The third-order valence-corrected chi connectivity index (χ3v) is 3.47. The Kier molecular flexibility index (Phi) is 10.7. The van der Waals surface area contributed by atoms with Gasteiger partial charge in [-0.3, -0.25) is 4.79 Å². The molecule has 0 aliphatic heterocycles. The molecule has 0 spiro atoms. The van der Waals surface area contributed by atoms with Crippen LogP contribution >= 0.6 is 0 Å². The molecule has 230 valence electrons. The summed E-state index contributed by atoms with van der Waals surface area (Å²) in [5.41, 5.74) is 0. The summed E-state index contributed by atoms with van der Waals surface area (Å²) in [6.45, 7) is 0.536. The van der Waals surface area contributed by atoms with Gasteiger partial charge in [-0.25, -0.2) is 9.53 Å². The lowest BCUT2D eigenvalue weighted by molar-refractivity contribution is -0.591. The molecular weight excluding hydrogens is 615 g/mol. The highest BCUT2D eigenvalue weighted by Gasteiger charge is 2.83. The molecule has 0 aliphatic carbocycles. The monoisotopic (exact) mass is 624 g/mol. The number of esters is 2. The standard InChI is InChI=1S/C15H9F17O7/c1-2-3-6(33)35-4-5-36-7(34)8(16,17)12(25,26)38-39-15(31,32)10(20,21)14(29,30)37-13(27,28)9(18,19)11(22,23)24/h2H,1,3-5H2. The second-order valence-corrected chi connectivity index (χ2v) is 6.41. The minimum Gasteiger partial charge on any atom is -0.462 e. The van der Waals surface area contributed by atoms with Crippen LogP contribution in [0.5, 0.6) is 0 Å². The average molecular weight is 624 g/mol. The van der Waals surface area contributed by atoms with E-state index in [1.54, 1.807) is 4.89 Å². The quantitative estimate of drug-likeness (QED) is 0.0599. The molecule has 0 bridgehead atoms. The molecule has 0 radical (unpaired) electrons. The van der Waals surface area contributed by atoms with Crippen molar-refractivity contribution in [3.8, 4) is 0 Å². The van der Waals surface area contributed by atoms with Gasteiger partial charge in [-0.05, 0) is 0 Å². The Balaban J connectivity index is 5.61. The molecule has 0 unspecified atom stereocenters. The van der Waals surface area contributed by atoms with Gasteiger partial charge in [0.25, 0.3) is 0 Å². The van der Waals surface area contributed by atoms with Gasteiger partial charge in [0.2, 0.25) is 0 Å². The molecule has 0 aromatic rings. The van der Waals surface area contributed by atoms with Gasteiger partial charge in [0.1, 0.15) is 13.2 Å². The predicted molar refractivity (Wildman–Crippen MR) is 80.7 cm³/mol. The fourth-order valence-electron chi connectivity index (χ4n) is 1.51. The van der Waals surface area contributed by atoms with Gasteiger partial charge in [-0.15, -0.1) is 11.5 Å². The number of ether oxygens (including phenoxy) is 3. The SMILES string of the molecule is C=CCC(=O)OCCOC(=O)C(F)(F)C(F)(F)OOC(F)(F)C(F)(F)C(F)(F)OC(F)(F)C(F)(F)C(F)(F)F. The lowest BCUT2D eigenvalue weighted by Crippen LogP contribution is -2.63. The summed E-state index contributed by atoms with van der Waals surface area (Å²) in [7, 11) is 0. The molecule has 0 N–H and O–H groups in total. The van der Waals surface area contributed by atoms with Crippen molar-refractivity contribution in [1.29, 1.82) is 0 Å². The maximum Gasteiger partial charge on any atom is 0.462 e. The average Bonchev–Trinajstić information content (AvgIpc) is 2.73. The first-order valence-electron chi connectivity index (χ1n) is 8.76. The van der Waals surface area contributed by atoms with E-state index in [9.17, 15) is 84.2 Å². The van der Waals surface area contributed by atoms with Crippen LogP contribution in [0.1, 0.15) is 6.42 Å². The number of carbonyl (C=O) groups excluding carboxylic acids is 2. The second kappa shape index (κ2) is 11.5. The Morgan fingerprint density at radius 2 is 1.00 bits per heavy atom. The third-order valence-electron chi connectivity index (χ3n) is 3.47. The summed E-state index contributed by atoms with van der Waals surface area (Å²) >= 11 is 0. The largest absolute Gasteiger partial charge is 0.462 e. The number of hydrogen-bond donors (Lipinski definition) is 0. The minimum absolute atomic E-state index is 0.474. The first-order chi connectivity index (χ1) is 17.0. The summed E-state index contributed by atoms with van der Waals surface area (Å²) in [5.74, 6) is -26.8. The van der Waals surface area contributed by atoms with Gasteiger partial charge >= 0.3 is 60.3 Å². The van der Waals surface area contributed by atoms with Gasteiger partial charge in [0, 0.05) is 0 Å². The number of hydrogen-bond acceptors (Lipinski definition) is 7. The molecule has 0 amide bonds. The molecule has 0 aliphatic rings. The molecule has 0 aromatic heterocycles. The third kappa shape index (κ3) is 7.73. The van der Waals surface area contributed by atoms with Crippen LogP contribution in [0.2, 0.25) is 0 Å². The van der Waals surface area contributed by atoms with Gasteiger partial charge in [0.15, 0.2) is 0 Å². The van der Waals surface area contributed by atoms with Crippen LogP contribution in [0.25, 0.3) is 0 Å². The summed E-state index contributed by atoms with van der Waals surface area (Å²) < 4.78 is 228. The zero-order chi connectivity index (χ0) is 31.5. The minimum atomic E-state index is -7.95. The smallest absolute Gasteiger partial charge is 0.462 e. The van der Waals surface area contributed by atoms with Crippen molar-refractivity contribution >= 4 is 11.9 Å². The van der Waals surface area contributed by atoms with Crippen LogP contribution in [0.15, 0.2) is 12.7 Å². The lowest BCUT2D eigenvalue weighted by Gasteiger charge is -2.35. The van der Waals surface area contributed by atoms with Crippen molar-refractivity contribution in [2.45, 2.75) is 54.8 Å². The van der Waals surface area contributed by atoms with Gasteiger partial charge < -0.3 is 9.47 Å². The van der Waals surface area contributed by atoms with E-state index < -0.39 is 80.0 Å². The highest BCUT2D eigenvalue weighted by atomic mass is 19.4. The van der Waals surface area contributed by atoms with Crippen LogP contribution in [-0.4, -0.2) is 73.5 Å². The van der Waals surface area contributed by atoms with Crippen LogP contribution in [-0.2, 0) is 33.6 Å². The molecule has 0 aromatic carbocycles. The van der Waals surface area contributed by atoms with Crippen LogP contribution in [0.3, 0.4) is 0 Å². The maximum atomic E-state index is 13.4. The zero-order valence-electron chi connectivity index (χ0n) is 17.7. The topological polar surface area (TPSA) is 80.3 Å². The van der Waals surface area contributed by atoms with Gasteiger partial charge in [-0.1, -0.05) is 6.08 Å². The van der Waals surface area contributed by atoms with E-state index in [0.717, 1.165) is 6.08 Å². The first kappa shape index (κ1) is 36.4. The molecule has 0 heterocycles. The summed E-state index contributed by atoms with van der Waals surface area (Å²) in [4.78, 5) is 25.5. The van der Waals surface area contributed by atoms with Crippen molar-refractivity contribution in [1.82, 2.24) is 0 Å². The Bertz CT molecular complexity index is 884. The summed E-state index contributed by atoms with van der Waals surface area (Å²) in [6.07, 6.45) is -37.0. The number of halogens is 17. The van der Waals surface area contributed by atoms with Crippen molar-refractivity contribution < 1.29 is 108 Å². The molecule has 0 saturated carbocycles. The van der Waals surface area contributed by atoms with E-state index in [1.165, 1.54) is 4.74 Å². The van der Waals surface area contributed by atoms with Crippen LogP contribution in [0, 0.1) is 0 Å². The van der Waals surface area contributed by atoms with Gasteiger partial charge in [0.05, 0.1) is 6.42 Å². The number of rotatable bonds is 15. The highest BCUT2D eigenvalue weighted by Crippen LogP contribution is 2.54. The fourth-order valence-corrected chi connectivity index (χ4v) is 1.51. The lowest BCUT2D eigenvalue weighted by atomic mass is 10.2. The molecular formula is C15H9F17O7. The van der Waals surface area contributed by atoms with Crippen molar-refractivity contribution in [3.05, 3.63) is 12.7 Å². The molecule has 0 fully saturated rings. The Morgan fingerprint density at radius 3 is 1.44 bits per heavy atom. The van der Waals surface area contributed by atoms with Crippen LogP contribution < -0.4 is 0 Å². The molecule has 24 heteroatoms. The predicted octanol–water partition coefficient (Wildman–Crippen LogP) is 5.45. The molecule has 0 saturated heterocycles. The van der Waals surface area contributed by atoms with E-state index >= 15 is 0 Å².